The molecular formula is C7H5Cl2FO. The Bertz CT molecular complexity index is 275. The lowest BCUT2D eigenvalue weighted by Crippen LogP contribution is -1.81. The van der Waals surface area contributed by atoms with E-state index in [9.17, 15) is 4.39 Å². The number of alkyl halides is 1. The van der Waals surface area contributed by atoms with Gasteiger partial charge in [-0.2, -0.15) is 0 Å². The lowest BCUT2D eigenvalue weighted by Gasteiger charge is -2.02. The van der Waals surface area contributed by atoms with E-state index in [-0.39, 0.29) is 21.4 Å². The third-order valence-corrected chi connectivity index (χ3v) is 2.02. The summed E-state index contributed by atoms with van der Waals surface area (Å²) in [6.07, 6.45) is 0. The van der Waals surface area contributed by atoms with E-state index in [1.807, 2.05) is 0 Å². The summed E-state index contributed by atoms with van der Waals surface area (Å²) in [6.45, 7) is -0.705. The Morgan fingerprint density at radius 2 is 2.00 bits per heavy atom. The quantitative estimate of drug-likeness (QED) is 0.729. The van der Waals surface area contributed by atoms with Crippen LogP contribution in [0.2, 0.25) is 10.0 Å². The van der Waals surface area contributed by atoms with Crippen molar-refractivity contribution in [2.45, 2.75) is 6.67 Å². The van der Waals surface area contributed by atoms with Gasteiger partial charge in [-0.25, -0.2) is 4.39 Å². The van der Waals surface area contributed by atoms with Crippen LogP contribution in [0.5, 0.6) is 5.75 Å². The molecule has 0 spiro atoms. The second-order valence-corrected chi connectivity index (χ2v) is 2.79. The summed E-state index contributed by atoms with van der Waals surface area (Å²) in [7, 11) is 0. The molecule has 0 aliphatic heterocycles. The molecule has 0 unspecified atom stereocenters. The molecule has 0 heterocycles. The largest absolute Gasteiger partial charge is 0.505 e. The Balaban J connectivity index is 3.25. The Hall–Kier alpha value is -0.470. The van der Waals surface area contributed by atoms with Crippen LogP contribution in [-0.4, -0.2) is 5.11 Å². The maximum atomic E-state index is 12.1. The van der Waals surface area contributed by atoms with Crippen molar-refractivity contribution in [2.24, 2.45) is 0 Å². The fourth-order valence-electron chi connectivity index (χ4n) is 0.686. The van der Waals surface area contributed by atoms with Gasteiger partial charge in [0, 0.05) is 5.56 Å². The van der Waals surface area contributed by atoms with Crippen molar-refractivity contribution >= 4 is 23.2 Å². The fourth-order valence-corrected chi connectivity index (χ4v) is 1.11. The molecule has 4 heteroatoms. The van der Waals surface area contributed by atoms with Gasteiger partial charge in [0.1, 0.15) is 6.67 Å². The highest BCUT2D eigenvalue weighted by atomic mass is 35.5. The molecule has 1 N–H and O–H groups in total. The highest BCUT2D eigenvalue weighted by Crippen LogP contribution is 2.34. The van der Waals surface area contributed by atoms with E-state index in [4.69, 9.17) is 28.3 Å². The van der Waals surface area contributed by atoms with Gasteiger partial charge in [0.05, 0.1) is 10.0 Å². The summed E-state index contributed by atoms with van der Waals surface area (Å²) in [4.78, 5) is 0. The van der Waals surface area contributed by atoms with Gasteiger partial charge in [-0.1, -0.05) is 29.3 Å². The molecule has 11 heavy (non-hydrogen) atoms. The molecule has 1 rings (SSSR count). The summed E-state index contributed by atoms with van der Waals surface area (Å²) >= 11 is 11.0. The minimum absolute atomic E-state index is 0.0139. The summed E-state index contributed by atoms with van der Waals surface area (Å²) in [5, 5.41) is 9.21. The predicted molar refractivity (Wildman–Crippen MR) is 42.9 cm³/mol. The van der Waals surface area contributed by atoms with Gasteiger partial charge in [0.15, 0.2) is 5.75 Å². The van der Waals surface area contributed by atoms with Crippen molar-refractivity contribution in [2.75, 3.05) is 0 Å². The van der Waals surface area contributed by atoms with E-state index < -0.39 is 6.67 Å². The average Bonchev–Trinajstić information content (AvgIpc) is 2.01. The second-order valence-electron chi connectivity index (χ2n) is 2.00. The van der Waals surface area contributed by atoms with Crippen LogP contribution in [0.4, 0.5) is 4.39 Å². The molecule has 0 aromatic heterocycles. The third-order valence-electron chi connectivity index (χ3n) is 1.29. The number of hydrogen-bond donors (Lipinski definition) is 1. The first-order valence-electron chi connectivity index (χ1n) is 2.88. The predicted octanol–water partition coefficient (Wildman–Crippen LogP) is 3.17. The molecular weight excluding hydrogens is 190 g/mol. The molecule has 0 radical (unpaired) electrons. The molecule has 0 bridgehead atoms. The minimum Gasteiger partial charge on any atom is -0.505 e. The van der Waals surface area contributed by atoms with E-state index in [0.29, 0.717) is 0 Å². The Kier molecular flexibility index (Phi) is 2.58. The molecule has 1 nitrogen and oxygen atoms in total. The van der Waals surface area contributed by atoms with Gasteiger partial charge < -0.3 is 5.11 Å². The van der Waals surface area contributed by atoms with E-state index in [2.05, 4.69) is 0 Å². The van der Waals surface area contributed by atoms with Crippen molar-refractivity contribution in [3.63, 3.8) is 0 Å². The Labute approximate surface area is 73.4 Å². The van der Waals surface area contributed by atoms with Crippen molar-refractivity contribution in [3.8, 4) is 5.75 Å². The topological polar surface area (TPSA) is 20.2 Å². The van der Waals surface area contributed by atoms with Gasteiger partial charge in [0.25, 0.3) is 0 Å². The van der Waals surface area contributed by atoms with Crippen LogP contribution in [0.1, 0.15) is 5.56 Å². The first-order chi connectivity index (χ1) is 5.16. The molecule has 0 saturated heterocycles. The zero-order chi connectivity index (χ0) is 8.43. The molecule has 0 amide bonds. The van der Waals surface area contributed by atoms with Gasteiger partial charge in [-0.3, -0.25) is 0 Å². The summed E-state index contributed by atoms with van der Waals surface area (Å²) in [5.74, 6) is -0.261. The monoisotopic (exact) mass is 194 g/mol. The number of phenolic OH excluding ortho intramolecular Hbond substituents is 1. The third kappa shape index (κ3) is 1.57. The maximum Gasteiger partial charge on any atom is 0.153 e. The van der Waals surface area contributed by atoms with Gasteiger partial charge >= 0.3 is 0 Å². The zero-order valence-electron chi connectivity index (χ0n) is 5.44. The maximum absolute atomic E-state index is 12.1. The summed E-state index contributed by atoms with van der Waals surface area (Å²) in [5.41, 5.74) is 0.244. The first kappa shape index (κ1) is 8.62. The molecule has 0 aliphatic rings. The van der Waals surface area contributed by atoms with Crippen molar-refractivity contribution in [3.05, 3.63) is 27.7 Å². The lowest BCUT2D eigenvalue weighted by molar-refractivity contribution is 0.463. The zero-order valence-corrected chi connectivity index (χ0v) is 6.95. The minimum atomic E-state index is -0.705. The molecule has 0 saturated carbocycles. The lowest BCUT2D eigenvalue weighted by atomic mass is 10.2. The van der Waals surface area contributed by atoms with Crippen LogP contribution in [0.3, 0.4) is 0 Å². The van der Waals surface area contributed by atoms with Crippen molar-refractivity contribution in [1.82, 2.24) is 0 Å². The van der Waals surface area contributed by atoms with Crippen LogP contribution >= 0.6 is 23.2 Å². The van der Waals surface area contributed by atoms with Crippen molar-refractivity contribution < 1.29 is 9.50 Å². The standard InChI is InChI=1S/C7H5Cl2FO/c8-5-2-1-4(3-10)6(9)7(5)11/h1-2,11H,3H2. The van der Waals surface area contributed by atoms with Gasteiger partial charge in [-0.15, -0.1) is 0 Å². The molecule has 1 aromatic rings. The SMILES string of the molecule is Oc1c(Cl)ccc(CF)c1Cl. The smallest absolute Gasteiger partial charge is 0.153 e. The average molecular weight is 195 g/mol. The number of halogens is 3. The van der Waals surface area contributed by atoms with Gasteiger partial charge in [-0.05, 0) is 6.07 Å². The molecule has 60 valence electrons. The van der Waals surface area contributed by atoms with Crippen LogP contribution in [0, 0.1) is 0 Å². The normalized spacial score (nSPS) is 10.1. The van der Waals surface area contributed by atoms with Crippen LogP contribution < -0.4 is 0 Å². The Morgan fingerprint density at radius 1 is 1.36 bits per heavy atom. The van der Waals surface area contributed by atoms with E-state index >= 15 is 0 Å². The number of hydrogen-bond acceptors (Lipinski definition) is 1. The fraction of sp³-hybridized carbons (Fsp3) is 0.143. The Morgan fingerprint density at radius 3 is 2.55 bits per heavy atom. The van der Waals surface area contributed by atoms with E-state index in [0.717, 1.165) is 0 Å². The first-order valence-corrected chi connectivity index (χ1v) is 3.64. The molecule has 1 aromatic carbocycles. The van der Waals surface area contributed by atoms with Crippen LogP contribution in [0.25, 0.3) is 0 Å². The summed E-state index contributed by atoms with van der Waals surface area (Å²) in [6, 6.07) is 2.84. The van der Waals surface area contributed by atoms with Crippen LogP contribution in [0.15, 0.2) is 12.1 Å². The second kappa shape index (κ2) is 3.28. The summed E-state index contributed by atoms with van der Waals surface area (Å²) < 4.78 is 12.1. The number of rotatable bonds is 1. The highest BCUT2D eigenvalue weighted by Gasteiger charge is 2.08. The number of aromatic hydroxyl groups is 1. The number of phenols is 1. The molecule has 0 fully saturated rings. The van der Waals surface area contributed by atoms with Gasteiger partial charge in [0.2, 0.25) is 0 Å². The van der Waals surface area contributed by atoms with E-state index in [1.54, 1.807) is 0 Å². The van der Waals surface area contributed by atoms with E-state index in [1.165, 1.54) is 12.1 Å². The molecule has 0 aliphatic carbocycles. The van der Waals surface area contributed by atoms with Crippen LogP contribution in [-0.2, 0) is 6.67 Å². The number of benzene rings is 1. The van der Waals surface area contributed by atoms with Crippen molar-refractivity contribution in [1.29, 1.82) is 0 Å². The highest BCUT2D eigenvalue weighted by molar-refractivity contribution is 6.37. The molecule has 0 atom stereocenters.